The molecule has 0 spiro atoms. The number of benzene rings is 1. The second kappa shape index (κ2) is 47.6. The summed E-state index contributed by atoms with van der Waals surface area (Å²) in [5, 5.41) is 45.8. The van der Waals surface area contributed by atoms with Gasteiger partial charge in [0.2, 0.25) is 35.4 Å². The van der Waals surface area contributed by atoms with Crippen molar-refractivity contribution in [3.8, 4) is 0 Å². The molecule has 0 aromatic heterocycles. The summed E-state index contributed by atoms with van der Waals surface area (Å²) in [6.07, 6.45) is 45.6. The van der Waals surface area contributed by atoms with Crippen molar-refractivity contribution >= 4 is 102 Å². The van der Waals surface area contributed by atoms with Crippen LogP contribution in [0, 0.1) is 167 Å². The number of alkyl halides is 1. The minimum Gasteiger partial charge on any atom is -1.00 e. The minimum absolute atomic E-state index is 0. The van der Waals surface area contributed by atoms with Crippen molar-refractivity contribution in [1.82, 2.24) is 29.8 Å². The summed E-state index contributed by atoms with van der Waals surface area (Å²) in [6, 6.07) is 11.4. The van der Waals surface area contributed by atoms with Gasteiger partial charge < -0.3 is 71.4 Å². The molecule has 21 rings (SSSR count). The smallest absolute Gasteiger partial charge is 1.00 e. The first-order valence-corrected chi connectivity index (χ1v) is 57.0. The van der Waals surface area contributed by atoms with E-state index < -0.39 is 24.3 Å². The van der Waals surface area contributed by atoms with E-state index in [0.29, 0.717) is 144 Å². The first-order chi connectivity index (χ1) is 68.0. The van der Waals surface area contributed by atoms with Crippen molar-refractivity contribution in [3.05, 3.63) is 96.7 Å². The van der Waals surface area contributed by atoms with Crippen LogP contribution >= 0.6 is 22.6 Å². The van der Waals surface area contributed by atoms with Crippen LogP contribution in [0.4, 0.5) is 0 Å². The number of rotatable bonds is 14. The number of aliphatic hydroxyl groups is 3. The third kappa shape index (κ3) is 21.8. The number of carbonyl (C=O) groups is 12. The number of aliphatic hydroxyl groups excluding tert-OH is 3. The van der Waals surface area contributed by atoms with Crippen molar-refractivity contribution in [2.24, 2.45) is 167 Å². The van der Waals surface area contributed by atoms with E-state index in [1.807, 2.05) is 120 Å². The van der Waals surface area contributed by atoms with Gasteiger partial charge in [-0.2, -0.15) is 0 Å². The molecule has 0 saturated heterocycles. The number of halogens is 1. The fraction of sp³-hybridized carbons (Fsp3) is 0.763. The summed E-state index contributed by atoms with van der Waals surface area (Å²) >= 11 is 1.96. The van der Waals surface area contributed by atoms with Crippen molar-refractivity contribution < 1.29 is 180 Å². The summed E-state index contributed by atoms with van der Waals surface area (Å²) in [7, 11) is 9.70. The molecule has 1 aromatic rings. The van der Waals surface area contributed by atoms with Crippen molar-refractivity contribution in [3.63, 3.8) is 0 Å². The van der Waals surface area contributed by atoms with Crippen molar-refractivity contribution in [1.29, 1.82) is 0 Å². The van der Waals surface area contributed by atoms with Crippen molar-refractivity contribution in [2.45, 2.75) is 338 Å². The molecule has 30 heteroatoms. The molecule has 148 heavy (non-hydrogen) atoms. The predicted molar refractivity (Wildman–Crippen MR) is 566 cm³/mol. The molecule has 15 fully saturated rings. The maximum Gasteiger partial charge on any atom is 1.00 e. The van der Waals surface area contributed by atoms with Crippen molar-refractivity contribution in [2.75, 3.05) is 59.5 Å². The number of nitrogens with one attached hydrogen (secondary N) is 1. The van der Waals surface area contributed by atoms with Crippen LogP contribution in [0.5, 0.6) is 0 Å². The number of aliphatic carboxylic acids is 1. The van der Waals surface area contributed by atoms with Gasteiger partial charge in [0.05, 0.1) is 61.8 Å². The molecule has 26 nitrogen and oxygen atoms in total. The summed E-state index contributed by atoms with van der Waals surface area (Å²) < 4.78 is 15.3. The number of ether oxygens (including phenoxy) is 3. The largest absolute Gasteiger partial charge is 1.00 e. The van der Waals surface area contributed by atoms with E-state index in [2.05, 4.69) is 110 Å². The van der Waals surface area contributed by atoms with Crippen LogP contribution in [0.1, 0.15) is 290 Å². The number of hydrogen-bond acceptors (Lipinski definition) is 19. The number of amides is 6. The van der Waals surface area contributed by atoms with Crippen LogP contribution < -0.4 is 86.3 Å². The SMILES string of the molecule is CCOC(=O)CI.CCOC(=O)C[C@@H]1C[C@H]2C3CC[C@H]4N(C)C(=O)C=C[C@]4(C)C3CC[C@]2(C)C1=O.CCOC(=O)C[C@@H]1C[C@H]2C3CC[C@H]4N(C)C(=O)C=C[C@]4(C)C3CC[C@]2(C)[C@H]1O.CN1C(=O)C=C[C@]2(C)C3CC[C@@]4(C)[C@@H](C[C@@H](CC(=O)NCc5ccccc5)[C@@H]4O)C3CC[C@@H]12.CN1C(=O)C=C[C@]2(C)C3CC[C@@]4(C)[C@@H](C[C@@H](CC(=O)O)[C@@H]4O)C3CC[C@@H]12.CN1C(=O)C=C[C@]2(C)C3CC[C@]4(C)C(=O)CC[C@H]4C3CC[C@@H]12.[B].[H-].[K+].[Na+].[OH-]. The van der Waals surface area contributed by atoms with E-state index in [-0.39, 0.29) is 270 Å². The standard InChI is InChI=1S/C28H38N2O3.C23H35NO4.C23H33NO4.C21H31NO4.C19H27NO2.C4H7IO2.B.K.Na.H2O.H/c1-27-14-12-25(32)30(3)23(27)10-9-20-21(27)11-13-28(2)22(20)15-19(26(28)33)16-24(31)29-17-18-7-5-4-6-8-18;2*1-5-28-20(26)13-14-12-17-15-6-7-18-22(2,11-9-19(25)24(18)4)16(15)8-10-23(17,3)21(14)27;1-20-9-7-17(23)22(3)16(20)5-4-13-14(20)6-8-21(2)15(13)10-12(19(21)26)11-18(24)25;1-18-11-9-17(22)20(3)15(18)6-4-12-13-5-7-16(21)19(13,2)10-8-14(12)18;1-2-7-4(6)3-5;;;;;/h4-8,12,14,19-23,26,33H,9-11,13,15-17H2,1-3H3,(H,29,31);9,11,14-18,21,27H,5-8,10,12-13H2,1-4H3;9,11,14-18H,5-8,10,12-13H2,1-4H3;7,9,12-16,19,26H,4-6,8,10-11H2,1-3H3,(H,24,25);9,11-15H,4-8,10H2,1-3H3;2-3H2,1H3;;;;1H2;/q;;;;;;;2*+1;;-1/p-1/t19-,20?,21?,22-,23+,26-,27+,28-;14-,15?,16?,17-,18+,21-,22+,23-;14-,15?,16?,17-,18+,22+,23-;12-,13?,14?,15-,16+,19-,20+,21-;12?,13-,14?,15+,18+,19-;;;;;;/m00000....../s1. The Balaban J connectivity index is 0.000000173. The summed E-state index contributed by atoms with van der Waals surface area (Å²) in [5.74, 6) is 7.36. The minimum atomic E-state index is -0.807. The Morgan fingerprint density at radius 1 is 0.392 bits per heavy atom. The molecule has 1 aromatic carbocycles. The molecule has 3 radical (unpaired) electrons. The molecule has 5 heterocycles. The van der Waals surface area contributed by atoms with Crippen LogP contribution in [0.3, 0.4) is 0 Å². The maximum absolute atomic E-state index is 13.3. The van der Waals surface area contributed by atoms with Gasteiger partial charge in [0, 0.05) is 137 Å². The Kier molecular flexibility index (Phi) is 39.1. The molecule has 10 unspecified atom stereocenters. The number of likely N-dealkylation sites (N-methyl/N-ethyl adjacent to an activating group) is 5. The molecular formula is C118H173BIKN6NaO20. The van der Waals surface area contributed by atoms with Crippen LogP contribution in [0.25, 0.3) is 0 Å². The Bertz CT molecular complexity index is 5210. The van der Waals surface area contributed by atoms with Gasteiger partial charge in [0.1, 0.15) is 11.6 Å². The van der Waals surface area contributed by atoms with Crippen LogP contribution in [0.15, 0.2) is 91.1 Å². The fourth-order valence-electron chi connectivity index (χ4n) is 37.0. The molecule has 20 aliphatic rings. The number of fused-ring (bicyclic) bond motifs is 25. The number of Topliss-reactive ketones (excluding diaryl/α,β-unsaturated/α-hetero) is 2. The predicted octanol–water partition coefficient (Wildman–Crippen LogP) is 10.9. The maximum atomic E-state index is 13.3. The molecular weight excluding hydrogens is 2020 g/mol. The van der Waals surface area contributed by atoms with Crippen LogP contribution in [-0.4, -0.2) is 238 Å². The number of carbonyl (C=O) groups excluding carboxylic acids is 11. The van der Waals surface area contributed by atoms with Gasteiger partial charge >= 0.3 is 105 Å². The summed E-state index contributed by atoms with van der Waals surface area (Å²) in [4.78, 5) is 154. The average Bonchev–Trinajstić information content (AvgIpc) is 1.32. The zero-order valence-corrected chi connectivity index (χ0v) is 99.8. The summed E-state index contributed by atoms with van der Waals surface area (Å²) in [5.41, 5.74) is 0.430. The monoisotopic (exact) mass is 2190 g/mol. The van der Waals surface area contributed by atoms with Gasteiger partial charge in [-0.25, -0.2) is 0 Å². The zero-order chi connectivity index (χ0) is 104. The fourth-order valence-corrected chi connectivity index (χ4v) is 37.2. The second-order valence-electron chi connectivity index (χ2n) is 50.7. The molecule has 37 atom stereocenters. The zero-order valence-electron chi connectivity index (χ0n) is 93.5. The van der Waals surface area contributed by atoms with Gasteiger partial charge in [-0.1, -0.05) is 153 Å². The van der Waals surface area contributed by atoms with Gasteiger partial charge in [-0.05, 0) is 340 Å². The van der Waals surface area contributed by atoms with E-state index in [4.69, 9.17) is 9.47 Å². The number of carboxylic acid groups (broad SMARTS) is 1. The molecule has 5 aliphatic heterocycles. The Hall–Kier alpha value is -4.77. The third-order valence-corrected chi connectivity index (χ3v) is 45.3. The number of esters is 3. The topological polar surface area (TPSA) is 372 Å². The quantitative estimate of drug-likeness (QED) is 0.0380. The molecule has 15 aliphatic carbocycles. The number of carboxylic acids is 1. The normalized spacial score (nSPS) is 43.5. The Morgan fingerprint density at radius 3 is 1.03 bits per heavy atom. The van der Waals surface area contributed by atoms with E-state index in [1.54, 1.807) is 44.2 Å². The van der Waals surface area contributed by atoms with Crippen LogP contribution in [0.2, 0.25) is 0 Å². The molecule has 0 bridgehead atoms. The Morgan fingerprint density at radius 2 is 0.696 bits per heavy atom. The van der Waals surface area contributed by atoms with Gasteiger partial charge in [0.15, 0.2) is 0 Å². The van der Waals surface area contributed by atoms with Gasteiger partial charge in [-0.3, -0.25) is 57.5 Å². The third-order valence-electron chi connectivity index (χ3n) is 44.6. The molecule has 807 valence electrons. The summed E-state index contributed by atoms with van der Waals surface area (Å²) in [6.45, 7) is 29.9. The molecule has 15 saturated carbocycles. The van der Waals surface area contributed by atoms with E-state index >= 15 is 0 Å². The Labute approximate surface area is 962 Å². The average molecular weight is 2200 g/mol. The second-order valence-corrected chi connectivity index (χ2v) is 51.5. The van der Waals surface area contributed by atoms with Crippen LogP contribution in [-0.2, 0) is 78.3 Å². The van der Waals surface area contributed by atoms with Gasteiger partial charge in [0.25, 0.3) is 0 Å². The molecule has 6 N–H and O–H groups in total. The number of nitrogens with zero attached hydrogens (tertiary/aromatic N) is 5. The first kappa shape index (κ1) is 122. The van der Waals surface area contributed by atoms with E-state index in [0.717, 1.165) is 166 Å². The first-order valence-electron chi connectivity index (χ1n) is 55.5. The van der Waals surface area contributed by atoms with Gasteiger partial charge in [-0.15, -0.1) is 0 Å². The van der Waals surface area contributed by atoms with E-state index in [1.165, 1.54) is 6.42 Å². The van der Waals surface area contributed by atoms with E-state index in [9.17, 15) is 78.0 Å². The number of ketones is 2. The molecule has 6 amide bonds. The number of hydrogen-bond donors (Lipinski definition) is 5.